The molecule has 18 nitrogen and oxygen atoms in total. The van der Waals surface area contributed by atoms with Gasteiger partial charge in [-0.05, 0) is 228 Å². The molecule has 628 valence electrons. The number of halogens is 12. The second kappa shape index (κ2) is 35.4. The van der Waals surface area contributed by atoms with Crippen molar-refractivity contribution in [3.05, 3.63) is 195 Å². The van der Waals surface area contributed by atoms with Crippen LogP contribution in [-0.4, -0.2) is 207 Å². The Kier molecular flexibility index (Phi) is 25.5. The maximum Gasteiger partial charge on any atom is 0.419 e. The Morgan fingerprint density at radius 3 is 1.12 bits per heavy atom. The minimum Gasteiger partial charge on any atom is -0.321 e. The first-order valence-corrected chi connectivity index (χ1v) is 41.1. The lowest BCUT2D eigenvalue weighted by Crippen LogP contribution is -2.51. The van der Waals surface area contributed by atoms with Crippen LogP contribution in [0, 0.1) is 75.1 Å². The topological polar surface area (TPSA) is 197 Å². The lowest BCUT2D eigenvalue weighted by molar-refractivity contribution is -0.140. The molecule has 7 saturated carbocycles. The van der Waals surface area contributed by atoms with E-state index >= 15 is 0 Å². The van der Waals surface area contributed by atoms with E-state index in [1.807, 2.05) is 54.6 Å². The molecule has 0 radical (unpaired) electrons. The molecule has 9 atom stereocenters. The number of anilines is 3. The van der Waals surface area contributed by atoms with Gasteiger partial charge in [0, 0.05) is 169 Å². The van der Waals surface area contributed by atoms with Crippen LogP contribution >= 0.6 is 0 Å². The highest BCUT2D eigenvalue weighted by molar-refractivity contribution is 5.91. The van der Waals surface area contributed by atoms with Crippen molar-refractivity contribution in [1.82, 2.24) is 44.5 Å². The molecule has 0 spiro atoms. The van der Waals surface area contributed by atoms with Gasteiger partial charge < -0.3 is 50.7 Å². The number of nitriles is 3. The summed E-state index contributed by atoms with van der Waals surface area (Å²) >= 11 is 0. The Hall–Kier alpha value is -9.48. The zero-order chi connectivity index (χ0) is 83.5. The summed E-state index contributed by atoms with van der Waals surface area (Å²) in [5, 5.41) is 39.2. The highest BCUT2D eigenvalue weighted by atomic mass is 19.4. The number of carbonyl (C=O) groups excluding carboxylic acids is 3. The maximum absolute atomic E-state index is 13.9. The molecule has 0 aromatic heterocycles. The zero-order valence-corrected chi connectivity index (χ0v) is 66.0. The summed E-state index contributed by atoms with van der Waals surface area (Å²) in [6, 6.07) is 35.6. The van der Waals surface area contributed by atoms with Crippen molar-refractivity contribution in [1.29, 1.82) is 15.8 Å². The molecule has 6 aromatic carbocycles. The number of piperazine rings is 3. The number of urea groups is 3. The fraction of sp³-hybridized carbons (Fsp3) is 0.523. The third-order valence-corrected chi connectivity index (χ3v) is 26.6. The van der Waals surface area contributed by atoms with Crippen LogP contribution in [-0.2, 0) is 34.8 Å². The predicted molar refractivity (Wildman–Crippen MR) is 421 cm³/mol. The number of alkyl halides is 9. The van der Waals surface area contributed by atoms with Gasteiger partial charge in [-0.15, -0.1) is 0 Å². The minimum atomic E-state index is -4.86. The molecule has 118 heavy (non-hydrogen) atoms. The number of nitrogens with zero attached hydrogens (tertiary/aromatic N) is 11. The van der Waals surface area contributed by atoms with Crippen molar-refractivity contribution in [3.8, 4) is 18.2 Å². The zero-order valence-electron chi connectivity index (χ0n) is 66.0. The number of rotatable bonds is 22. The molecule has 16 rings (SSSR count). The van der Waals surface area contributed by atoms with Crippen LogP contribution in [0.4, 0.5) is 84.1 Å². The van der Waals surface area contributed by atoms with Crippen molar-refractivity contribution >= 4 is 35.2 Å². The Morgan fingerprint density at radius 1 is 0.432 bits per heavy atom. The van der Waals surface area contributed by atoms with Crippen molar-refractivity contribution in [2.24, 2.45) is 23.7 Å². The average Bonchev–Trinajstić information content (AvgIpc) is 1.55. The SMILES string of the molecule is CN1CCN(CCCCN(C(=O)Nc2ccc(F)c(C(F)(F)F)c2)[C@@H]2CC[C@]3(c4cccc(C#N)c4)C[C@H]23)CC1.N#Cc1cccc([C@]23CC[C@@H](N(CCN4CCN(CC5CC5)CC4)C(=O)Nc4ccc(F)c(C(F)(F)F)c4)[C@H]2C3)c1.N#Cc1cccc([C@]23CC[C@@H](N(CCN4CCNCC4)C(=O)Nc4ccc(F)c(C(F)(F)F)c4)[C@H]2C3)c1. The molecule has 3 aliphatic heterocycles. The number of unbranched alkanes of at least 4 members (excludes halogenated alkanes) is 1. The number of hydrogen-bond acceptors (Lipinski definition) is 12. The average molecular weight is 1640 g/mol. The van der Waals surface area contributed by atoms with Crippen LogP contribution < -0.4 is 21.3 Å². The molecule has 0 unspecified atom stereocenters. The van der Waals surface area contributed by atoms with Gasteiger partial charge in [-0.1, -0.05) is 36.4 Å². The summed E-state index contributed by atoms with van der Waals surface area (Å²) in [5.41, 5.74) is 0.470. The Labute approximate surface area is 680 Å². The van der Waals surface area contributed by atoms with Crippen molar-refractivity contribution in [2.45, 2.75) is 136 Å². The van der Waals surface area contributed by atoms with Crippen LogP contribution in [0.25, 0.3) is 0 Å². The Morgan fingerprint density at radius 2 is 0.771 bits per heavy atom. The first-order valence-electron chi connectivity index (χ1n) is 41.1. The molecule has 30 heteroatoms. The standard InChI is InChI=1S/C31H35F4N5O.C30H35F4N5O.C27H29F4N5O/c32-27-7-6-24(17-25(27)31(33,34)35)37-29(41)40(15-14-38-10-12-39(13-11-38)20-21-4-5-21)28-8-9-30(18-26(28)30)23-3-1-2-22(16-23)19-36;1-37-13-15-38(16-14-37)11-2-3-12-39(28(40)36-23-7-8-26(31)24(18-23)30(32,33)34)27-9-10-29(19-25(27)29)22-6-4-5-21(17-22)20-35;28-23-5-4-20(15-21(23)27(29,30)31)34-25(37)36(13-12-35-10-8-33-9-11-35)24-6-7-26(16-22(24)26)19-3-1-2-18(14-19)17-32/h1-3,6-7,16-17,21,26,28H,4-5,8-15,18,20H2,(H,37,41);4-8,17-18,25,27H,2-3,9-16,19H2,1H3,(H,36,40);1-5,14-15,22,24,33H,6-13,16H2,(H,34,37)/t26-,28-,30-;25-,27-,29-;22-,24-,26-/m111/s1. The fourth-order valence-electron chi connectivity index (χ4n) is 19.7. The molecule has 7 aliphatic carbocycles. The number of amides is 6. The fourth-order valence-corrected chi connectivity index (χ4v) is 19.7. The predicted octanol–water partition coefficient (Wildman–Crippen LogP) is 16.0. The van der Waals surface area contributed by atoms with Gasteiger partial charge >= 0.3 is 36.6 Å². The van der Waals surface area contributed by atoms with Gasteiger partial charge in [0.2, 0.25) is 0 Å². The van der Waals surface area contributed by atoms with Crippen molar-refractivity contribution < 1.29 is 67.1 Å². The normalized spacial score (nSPS) is 25.5. The number of hydrogen-bond donors (Lipinski definition) is 4. The number of fused-ring (bicyclic) bond motifs is 3. The Bertz CT molecular complexity index is 4730. The monoisotopic (exact) mass is 1640 g/mol. The molecule has 6 amide bonds. The van der Waals surface area contributed by atoms with Gasteiger partial charge in [0.05, 0.1) is 51.6 Å². The van der Waals surface area contributed by atoms with E-state index < -0.39 is 70.8 Å². The minimum absolute atomic E-state index is 0.0584. The second-order valence-corrected chi connectivity index (χ2v) is 33.8. The number of likely N-dealkylation sites (N-methyl/N-ethyl adjacent to an activating group) is 1. The van der Waals surface area contributed by atoms with E-state index in [0.717, 1.165) is 209 Å². The van der Waals surface area contributed by atoms with E-state index in [4.69, 9.17) is 0 Å². The van der Waals surface area contributed by atoms with Crippen LogP contribution in [0.2, 0.25) is 0 Å². The van der Waals surface area contributed by atoms with Crippen LogP contribution in [0.1, 0.15) is 134 Å². The number of carbonyl (C=O) groups is 3. The molecule has 6 aromatic rings. The lowest BCUT2D eigenvalue weighted by atomic mass is 9.92. The molecule has 0 bridgehead atoms. The molecular formula is C88H99F12N15O3. The molecule has 3 heterocycles. The maximum atomic E-state index is 13.9. The third kappa shape index (κ3) is 19.5. The highest BCUT2D eigenvalue weighted by Gasteiger charge is 2.66. The van der Waals surface area contributed by atoms with Gasteiger partial charge in [-0.2, -0.15) is 55.3 Å². The molecule has 3 saturated heterocycles. The summed E-state index contributed by atoms with van der Waals surface area (Å²) in [7, 11) is 2.11. The van der Waals surface area contributed by atoms with Crippen LogP contribution in [0.5, 0.6) is 0 Å². The van der Waals surface area contributed by atoms with Gasteiger partial charge in [0.15, 0.2) is 0 Å². The molecular weight excluding hydrogens is 1540 g/mol. The Balaban J connectivity index is 0.000000146. The van der Waals surface area contributed by atoms with E-state index in [1.54, 1.807) is 32.9 Å². The second-order valence-electron chi connectivity index (χ2n) is 33.8. The van der Waals surface area contributed by atoms with Crippen molar-refractivity contribution in [2.75, 3.05) is 147 Å². The van der Waals surface area contributed by atoms with Gasteiger partial charge in [-0.3, -0.25) is 9.80 Å². The highest BCUT2D eigenvalue weighted by Crippen LogP contribution is 2.68. The summed E-state index contributed by atoms with van der Waals surface area (Å²) in [5.74, 6) is -2.61. The molecule has 4 N–H and O–H groups in total. The molecule has 10 fully saturated rings. The van der Waals surface area contributed by atoms with Gasteiger partial charge in [0.1, 0.15) is 17.5 Å². The first-order chi connectivity index (χ1) is 56.5. The summed E-state index contributed by atoms with van der Waals surface area (Å²) in [6.45, 7) is 16.2. The quantitative estimate of drug-likeness (QED) is 0.0371. The van der Waals surface area contributed by atoms with Gasteiger partial charge in [-0.25, -0.2) is 27.6 Å². The smallest absolute Gasteiger partial charge is 0.321 e. The van der Waals surface area contributed by atoms with Crippen LogP contribution in [0.15, 0.2) is 127 Å². The molecule has 10 aliphatic rings. The summed E-state index contributed by atoms with van der Waals surface area (Å²) in [4.78, 5) is 57.9. The largest absolute Gasteiger partial charge is 0.419 e. The van der Waals surface area contributed by atoms with E-state index in [-0.39, 0.29) is 69.2 Å². The lowest BCUT2D eigenvalue weighted by Gasteiger charge is -2.37. The summed E-state index contributed by atoms with van der Waals surface area (Å²) in [6.07, 6.45) is -2.53. The van der Waals surface area contributed by atoms with E-state index in [1.165, 1.54) is 25.5 Å². The number of nitrogens with one attached hydrogen (secondary N) is 4. The van der Waals surface area contributed by atoms with Crippen molar-refractivity contribution in [3.63, 3.8) is 0 Å². The van der Waals surface area contributed by atoms with Gasteiger partial charge in [0.25, 0.3) is 0 Å². The van der Waals surface area contributed by atoms with E-state index in [9.17, 15) is 82.9 Å². The van der Waals surface area contributed by atoms with E-state index in [0.29, 0.717) is 67.6 Å². The third-order valence-electron chi connectivity index (χ3n) is 26.6. The summed E-state index contributed by atoms with van der Waals surface area (Å²) < 4.78 is 161. The number of benzene rings is 6. The van der Waals surface area contributed by atoms with E-state index in [2.05, 4.69) is 71.0 Å². The first kappa shape index (κ1) is 85.0. The van der Waals surface area contributed by atoms with Crippen LogP contribution in [0.3, 0.4) is 0 Å².